The van der Waals surface area contributed by atoms with E-state index in [4.69, 9.17) is 5.11 Å². The lowest BCUT2D eigenvalue weighted by Crippen LogP contribution is -2.21. The SMILES string of the molecule is Oc1ccccc1.PC(c1ccccc1)(c1ccccc1)c1ccccc1. The zero-order chi connectivity index (χ0) is 19.0. The van der Waals surface area contributed by atoms with Gasteiger partial charge in [0.1, 0.15) is 5.75 Å². The molecule has 4 aromatic rings. The predicted octanol–water partition coefficient (Wildman–Crippen LogP) is 6.25. The van der Waals surface area contributed by atoms with Crippen molar-refractivity contribution in [1.82, 2.24) is 0 Å². The first kappa shape index (κ1) is 18.9. The van der Waals surface area contributed by atoms with Crippen molar-refractivity contribution in [2.45, 2.75) is 5.16 Å². The average molecular weight is 370 g/mol. The van der Waals surface area contributed by atoms with Crippen molar-refractivity contribution in [2.24, 2.45) is 0 Å². The van der Waals surface area contributed by atoms with Crippen LogP contribution in [0.5, 0.6) is 5.75 Å². The van der Waals surface area contributed by atoms with Gasteiger partial charge in [-0.25, -0.2) is 0 Å². The molecule has 0 radical (unpaired) electrons. The van der Waals surface area contributed by atoms with E-state index in [9.17, 15) is 0 Å². The van der Waals surface area contributed by atoms with E-state index in [0.29, 0.717) is 5.75 Å². The molecule has 0 amide bonds. The Morgan fingerprint density at radius 3 is 0.926 bits per heavy atom. The van der Waals surface area contributed by atoms with Crippen molar-refractivity contribution in [3.8, 4) is 5.75 Å². The van der Waals surface area contributed by atoms with Crippen molar-refractivity contribution in [2.75, 3.05) is 0 Å². The van der Waals surface area contributed by atoms with E-state index in [1.807, 2.05) is 6.07 Å². The fourth-order valence-electron chi connectivity index (χ4n) is 3.03. The largest absolute Gasteiger partial charge is 0.508 e. The fourth-order valence-corrected chi connectivity index (χ4v) is 3.61. The zero-order valence-electron chi connectivity index (χ0n) is 15.1. The summed E-state index contributed by atoms with van der Waals surface area (Å²) in [5.74, 6) is 0.322. The first-order valence-electron chi connectivity index (χ1n) is 8.91. The highest BCUT2D eigenvalue weighted by molar-refractivity contribution is 7.19. The van der Waals surface area contributed by atoms with Crippen LogP contribution in [0.4, 0.5) is 0 Å². The van der Waals surface area contributed by atoms with Crippen molar-refractivity contribution < 1.29 is 5.11 Å². The summed E-state index contributed by atoms with van der Waals surface area (Å²) < 4.78 is 0. The van der Waals surface area contributed by atoms with E-state index < -0.39 is 0 Å². The Morgan fingerprint density at radius 1 is 0.444 bits per heavy atom. The Bertz CT molecular complexity index is 826. The number of rotatable bonds is 3. The van der Waals surface area contributed by atoms with Gasteiger partial charge in [0.2, 0.25) is 0 Å². The summed E-state index contributed by atoms with van der Waals surface area (Å²) in [4.78, 5) is 0. The van der Waals surface area contributed by atoms with Crippen LogP contribution in [-0.4, -0.2) is 5.11 Å². The summed E-state index contributed by atoms with van der Waals surface area (Å²) in [6, 6.07) is 40.6. The molecule has 1 unspecified atom stereocenters. The van der Waals surface area contributed by atoms with Crippen molar-refractivity contribution >= 4 is 9.24 Å². The molecule has 0 aromatic heterocycles. The zero-order valence-corrected chi connectivity index (χ0v) is 16.2. The summed E-state index contributed by atoms with van der Waals surface area (Å²) in [6.07, 6.45) is 0. The molecule has 134 valence electrons. The Balaban J connectivity index is 0.000000253. The third kappa shape index (κ3) is 4.64. The van der Waals surface area contributed by atoms with E-state index in [-0.39, 0.29) is 5.16 Å². The molecular formula is C25H23OP. The van der Waals surface area contributed by atoms with Gasteiger partial charge in [0.15, 0.2) is 0 Å². The van der Waals surface area contributed by atoms with Gasteiger partial charge in [-0.05, 0) is 28.8 Å². The molecular weight excluding hydrogens is 347 g/mol. The summed E-state index contributed by atoms with van der Waals surface area (Å²) in [6.45, 7) is 0. The van der Waals surface area contributed by atoms with Gasteiger partial charge in [-0.15, -0.1) is 9.24 Å². The van der Waals surface area contributed by atoms with Gasteiger partial charge in [-0.2, -0.15) is 0 Å². The lowest BCUT2D eigenvalue weighted by molar-refractivity contribution is 0.475. The second-order valence-electron chi connectivity index (χ2n) is 6.24. The minimum absolute atomic E-state index is 0.205. The fraction of sp³-hybridized carbons (Fsp3) is 0.0400. The number of phenolic OH excluding ortho intramolecular Hbond substituents is 1. The van der Waals surface area contributed by atoms with E-state index in [1.165, 1.54) is 16.7 Å². The van der Waals surface area contributed by atoms with Crippen LogP contribution in [0.3, 0.4) is 0 Å². The second-order valence-corrected chi connectivity index (χ2v) is 7.11. The Morgan fingerprint density at radius 2 is 0.704 bits per heavy atom. The van der Waals surface area contributed by atoms with Crippen molar-refractivity contribution in [1.29, 1.82) is 0 Å². The van der Waals surface area contributed by atoms with Gasteiger partial charge in [0.05, 0.1) is 5.16 Å². The third-order valence-corrected chi connectivity index (χ3v) is 5.44. The summed E-state index contributed by atoms with van der Waals surface area (Å²) >= 11 is 0. The van der Waals surface area contributed by atoms with Crippen LogP contribution in [0.2, 0.25) is 0 Å². The standard InChI is InChI=1S/C19H17P.C6H6O/c20-19(16-10-4-1-5-11-16,17-12-6-2-7-13-17)18-14-8-3-9-15-18;7-6-4-2-1-3-5-6/h1-15H,20H2;1-5,7H. The Kier molecular flexibility index (Phi) is 6.41. The van der Waals surface area contributed by atoms with E-state index in [2.05, 4.69) is 100 Å². The number of hydrogen-bond donors (Lipinski definition) is 1. The van der Waals surface area contributed by atoms with Gasteiger partial charge in [-0.1, -0.05) is 109 Å². The molecule has 1 N–H and O–H groups in total. The molecule has 27 heavy (non-hydrogen) atoms. The molecule has 4 aromatic carbocycles. The molecule has 0 aliphatic heterocycles. The molecule has 2 heteroatoms. The molecule has 0 saturated heterocycles. The number of para-hydroxylation sites is 1. The number of aromatic hydroxyl groups is 1. The average Bonchev–Trinajstić information content (AvgIpc) is 2.76. The monoisotopic (exact) mass is 370 g/mol. The quantitative estimate of drug-likeness (QED) is 0.334. The molecule has 0 aliphatic rings. The molecule has 0 aliphatic carbocycles. The van der Waals surface area contributed by atoms with Crippen LogP contribution in [0.1, 0.15) is 16.7 Å². The minimum atomic E-state index is -0.205. The van der Waals surface area contributed by atoms with Crippen molar-refractivity contribution in [3.05, 3.63) is 138 Å². The normalized spacial score (nSPS) is 10.6. The van der Waals surface area contributed by atoms with Gasteiger partial charge in [-0.3, -0.25) is 0 Å². The maximum absolute atomic E-state index is 8.63. The smallest absolute Gasteiger partial charge is 0.115 e. The van der Waals surface area contributed by atoms with Gasteiger partial charge in [0, 0.05) is 0 Å². The first-order valence-corrected chi connectivity index (χ1v) is 9.48. The van der Waals surface area contributed by atoms with E-state index >= 15 is 0 Å². The summed E-state index contributed by atoms with van der Waals surface area (Å²) in [5.41, 5.74) is 3.84. The van der Waals surface area contributed by atoms with Gasteiger partial charge < -0.3 is 5.11 Å². The summed E-state index contributed by atoms with van der Waals surface area (Å²) in [7, 11) is 3.06. The number of phenols is 1. The summed E-state index contributed by atoms with van der Waals surface area (Å²) in [5, 5.41) is 8.43. The van der Waals surface area contributed by atoms with Gasteiger partial charge in [0.25, 0.3) is 0 Å². The molecule has 0 heterocycles. The topological polar surface area (TPSA) is 20.2 Å². The first-order chi connectivity index (χ1) is 13.2. The molecule has 4 rings (SSSR count). The lowest BCUT2D eigenvalue weighted by atomic mass is 9.84. The number of hydrogen-bond acceptors (Lipinski definition) is 1. The third-order valence-electron chi connectivity index (χ3n) is 4.44. The van der Waals surface area contributed by atoms with Crippen LogP contribution in [0, 0.1) is 0 Å². The maximum Gasteiger partial charge on any atom is 0.115 e. The van der Waals surface area contributed by atoms with Crippen LogP contribution in [0.25, 0.3) is 0 Å². The minimum Gasteiger partial charge on any atom is -0.508 e. The molecule has 0 saturated carbocycles. The Labute approximate surface area is 163 Å². The molecule has 1 atom stereocenters. The van der Waals surface area contributed by atoms with Crippen LogP contribution >= 0.6 is 9.24 Å². The molecule has 0 fully saturated rings. The maximum atomic E-state index is 8.63. The lowest BCUT2D eigenvalue weighted by Gasteiger charge is -2.31. The highest BCUT2D eigenvalue weighted by Crippen LogP contribution is 2.44. The highest BCUT2D eigenvalue weighted by atomic mass is 31.0. The van der Waals surface area contributed by atoms with E-state index in [0.717, 1.165) is 0 Å². The molecule has 1 nitrogen and oxygen atoms in total. The molecule has 0 bridgehead atoms. The predicted molar refractivity (Wildman–Crippen MR) is 117 cm³/mol. The van der Waals surface area contributed by atoms with Crippen LogP contribution < -0.4 is 0 Å². The van der Waals surface area contributed by atoms with Crippen molar-refractivity contribution in [3.63, 3.8) is 0 Å². The van der Waals surface area contributed by atoms with Crippen LogP contribution in [0.15, 0.2) is 121 Å². The van der Waals surface area contributed by atoms with Crippen LogP contribution in [-0.2, 0) is 5.16 Å². The number of benzene rings is 4. The van der Waals surface area contributed by atoms with E-state index in [1.54, 1.807) is 24.3 Å². The van der Waals surface area contributed by atoms with Gasteiger partial charge >= 0.3 is 0 Å². The Hall–Kier alpha value is -2.89. The molecule has 0 spiro atoms. The second kappa shape index (κ2) is 9.16. The highest BCUT2D eigenvalue weighted by Gasteiger charge is 2.30.